The molecule has 0 bridgehead atoms. The van der Waals surface area contributed by atoms with Crippen molar-refractivity contribution in [1.29, 1.82) is 0 Å². The number of nitrogen functional groups attached to an aromatic ring is 1. The van der Waals surface area contributed by atoms with Crippen molar-refractivity contribution in [1.82, 2.24) is 0 Å². The number of Topliss-reactive ketones (excluding diaryl/α,β-unsaturated/α-hetero) is 1. The minimum absolute atomic E-state index is 0.0422. The Kier molecular flexibility index (Phi) is 4.91. The Bertz CT molecular complexity index is 476. The first-order chi connectivity index (χ1) is 9.52. The Morgan fingerprint density at radius 3 is 2.65 bits per heavy atom. The summed E-state index contributed by atoms with van der Waals surface area (Å²) in [6.07, 6.45) is 5.39. The van der Waals surface area contributed by atoms with Crippen molar-refractivity contribution >= 4 is 27.8 Å². The summed E-state index contributed by atoms with van der Waals surface area (Å²) in [5, 5.41) is 4.43. The number of thiophene rings is 1. The molecule has 0 aromatic carbocycles. The number of carbonyl (C=O) groups excluding carboxylic acids is 1. The summed E-state index contributed by atoms with van der Waals surface area (Å²) >= 11 is 1.44. The van der Waals surface area contributed by atoms with Gasteiger partial charge in [0.1, 0.15) is 5.00 Å². The summed E-state index contributed by atoms with van der Waals surface area (Å²) in [5.41, 5.74) is 6.62. The topological polar surface area (TPSA) is 64.3 Å². The summed E-state index contributed by atoms with van der Waals surface area (Å²) in [7, 11) is 0. The van der Waals surface area contributed by atoms with Crippen LogP contribution in [0.25, 0.3) is 0 Å². The molecule has 3 N–H and O–H groups in total. The van der Waals surface area contributed by atoms with Gasteiger partial charge in [-0.15, -0.1) is 11.3 Å². The molecule has 0 amide bonds. The molecule has 1 aromatic rings. The second-order valence-electron chi connectivity index (χ2n) is 5.57. The largest absolute Gasteiger partial charge is 0.486 e. The maximum Gasteiger partial charge on any atom is 0.177 e. The molecule has 0 atom stereocenters. The molecule has 1 aromatic heterocycles. The molecular formula is C15H24N2O2S. The van der Waals surface area contributed by atoms with Crippen LogP contribution in [-0.2, 0) is 0 Å². The molecule has 0 spiro atoms. The lowest BCUT2D eigenvalue weighted by Crippen LogP contribution is -2.15. The van der Waals surface area contributed by atoms with Crippen LogP contribution in [0.5, 0.6) is 5.75 Å². The van der Waals surface area contributed by atoms with Gasteiger partial charge in [-0.2, -0.15) is 0 Å². The summed E-state index contributed by atoms with van der Waals surface area (Å²) < 4.78 is 5.83. The van der Waals surface area contributed by atoms with Crippen LogP contribution in [0.3, 0.4) is 0 Å². The standard InChI is InChI=1S/C15H24N2O2S/c1-4-11(18)14-12(16)13(19-9(2)3)15(20-14)17-10-7-5-6-8-10/h9-10,17H,4-8,16H2,1-3H3. The van der Waals surface area contributed by atoms with Gasteiger partial charge in [0.05, 0.1) is 16.7 Å². The van der Waals surface area contributed by atoms with Crippen LogP contribution in [0.2, 0.25) is 0 Å². The van der Waals surface area contributed by atoms with Gasteiger partial charge < -0.3 is 15.8 Å². The minimum Gasteiger partial charge on any atom is -0.486 e. The number of hydrogen-bond donors (Lipinski definition) is 2. The average molecular weight is 296 g/mol. The molecule has 20 heavy (non-hydrogen) atoms. The highest BCUT2D eigenvalue weighted by Crippen LogP contribution is 2.44. The minimum atomic E-state index is 0.0422. The van der Waals surface area contributed by atoms with E-state index >= 15 is 0 Å². The smallest absolute Gasteiger partial charge is 0.177 e. The molecule has 0 unspecified atom stereocenters. The van der Waals surface area contributed by atoms with Gasteiger partial charge in [0.2, 0.25) is 0 Å². The van der Waals surface area contributed by atoms with Gasteiger partial charge in [-0.1, -0.05) is 19.8 Å². The zero-order valence-electron chi connectivity index (χ0n) is 12.5. The highest BCUT2D eigenvalue weighted by atomic mass is 32.1. The molecule has 0 aliphatic heterocycles. The maximum absolute atomic E-state index is 12.0. The van der Waals surface area contributed by atoms with Gasteiger partial charge >= 0.3 is 0 Å². The Morgan fingerprint density at radius 2 is 2.10 bits per heavy atom. The summed E-state index contributed by atoms with van der Waals surface area (Å²) in [6.45, 7) is 5.80. The van der Waals surface area contributed by atoms with Gasteiger partial charge in [0.15, 0.2) is 11.5 Å². The Morgan fingerprint density at radius 1 is 1.45 bits per heavy atom. The van der Waals surface area contributed by atoms with Gasteiger partial charge in [0.25, 0.3) is 0 Å². The molecule has 1 saturated carbocycles. The quantitative estimate of drug-likeness (QED) is 0.777. The number of ether oxygens (including phenoxy) is 1. The van der Waals surface area contributed by atoms with E-state index in [1.165, 1.54) is 37.0 Å². The van der Waals surface area contributed by atoms with Crippen molar-refractivity contribution in [2.45, 2.75) is 65.0 Å². The van der Waals surface area contributed by atoms with Crippen LogP contribution < -0.4 is 15.8 Å². The van der Waals surface area contributed by atoms with E-state index in [4.69, 9.17) is 10.5 Å². The third kappa shape index (κ3) is 3.26. The number of anilines is 2. The lowest BCUT2D eigenvalue weighted by molar-refractivity contribution is 0.0992. The molecule has 1 fully saturated rings. The van der Waals surface area contributed by atoms with E-state index in [-0.39, 0.29) is 11.9 Å². The Balaban J connectivity index is 2.29. The number of carbonyl (C=O) groups is 1. The predicted molar refractivity (Wildman–Crippen MR) is 85.0 cm³/mol. The fraction of sp³-hybridized carbons (Fsp3) is 0.667. The third-order valence-electron chi connectivity index (χ3n) is 3.52. The van der Waals surface area contributed by atoms with E-state index in [0.717, 1.165) is 5.00 Å². The first-order valence-electron chi connectivity index (χ1n) is 7.41. The molecule has 1 aliphatic carbocycles. The number of rotatable bonds is 6. The van der Waals surface area contributed by atoms with Crippen LogP contribution in [0, 0.1) is 0 Å². The van der Waals surface area contributed by atoms with Gasteiger partial charge in [-0.25, -0.2) is 0 Å². The zero-order chi connectivity index (χ0) is 14.7. The summed E-state index contributed by atoms with van der Waals surface area (Å²) in [4.78, 5) is 12.6. The molecule has 0 saturated heterocycles. The lowest BCUT2D eigenvalue weighted by Gasteiger charge is -2.16. The molecular weight excluding hydrogens is 272 g/mol. The SMILES string of the molecule is CCC(=O)c1sc(NC2CCCC2)c(OC(C)C)c1N. The summed E-state index contributed by atoms with van der Waals surface area (Å²) in [6, 6.07) is 0.479. The number of nitrogens with two attached hydrogens (primary N) is 1. The fourth-order valence-corrected chi connectivity index (χ4v) is 3.64. The van der Waals surface area contributed by atoms with E-state index < -0.39 is 0 Å². The van der Waals surface area contributed by atoms with Gasteiger partial charge in [0, 0.05) is 12.5 Å². The number of nitrogens with one attached hydrogen (secondary N) is 1. The van der Waals surface area contributed by atoms with Crippen molar-refractivity contribution in [3.63, 3.8) is 0 Å². The first-order valence-corrected chi connectivity index (χ1v) is 8.23. The van der Waals surface area contributed by atoms with E-state index in [1.54, 1.807) is 0 Å². The predicted octanol–water partition coefficient (Wildman–Crippen LogP) is 4.06. The van der Waals surface area contributed by atoms with E-state index in [2.05, 4.69) is 5.32 Å². The second-order valence-corrected chi connectivity index (χ2v) is 6.59. The van der Waals surface area contributed by atoms with Crippen LogP contribution in [-0.4, -0.2) is 17.9 Å². The lowest BCUT2D eigenvalue weighted by atomic mass is 10.2. The van der Waals surface area contributed by atoms with Gasteiger partial charge in [-0.3, -0.25) is 4.79 Å². The molecule has 0 radical (unpaired) electrons. The van der Waals surface area contributed by atoms with E-state index in [1.807, 2.05) is 20.8 Å². The van der Waals surface area contributed by atoms with Crippen molar-refractivity contribution in [3.8, 4) is 5.75 Å². The molecule has 1 aliphatic rings. The first kappa shape index (κ1) is 15.2. The molecule has 112 valence electrons. The number of hydrogen-bond acceptors (Lipinski definition) is 5. The third-order valence-corrected chi connectivity index (χ3v) is 4.68. The highest BCUT2D eigenvalue weighted by molar-refractivity contribution is 7.19. The van der Waals surface area contributed by atoms with Crippen molar-refractivity contribution in [3.05, 3.63) is 4.88 Å². The van der Waals surface area contributed by atoms with Gasteiger partial charge in [-0.05, 0) is 26.7 Å². The molecule has 2 rings (SSSR count). The Labute approximate surface area is 124 Å². The molecule has 4 nitrogen and oxygen atoms in total. The van der Waals surface area contributed by atoms with E-state index in [9.17, 15) is 4.79 Å². The molecule has 1 heterocycles. The molecule has 5 heteroatoms. The Hall–Kier alpha value is -1.23. The van der Waals surface area contributed by atoms with Crippen molar-refractivity contribution < 1.29 is 9.53 Å². The van der Waals surface area contributed by atoms with Crippen LogP contribution in [0.1, 0.15) is 62.5 Å². The second kappa shape index (κ2) is 6.48. The van der Waals surface area contributed by atoms with Crippen molar-refractivity contribution in [2.75, 3.05) is 11.1 Å². The highest BCUT2D eigenvalue weighted by Gasteiger charge is 2.24. The van der Waals surface area contributed by atoms with Crippen LogP contribution in [0.15, 0.2) is 0 Å². The summed E-state index contributed by atoms with van der Waals surface area (Å²) in [5.74, 6) is 0.745. The number of ketones is 1. The van der Waals surface area contributed by atoms with Crippen molar-refractivity contribution in [2.24, 2.45) is 0 Å². The normalized spacial score (nSPS) is 15.8. The van der Waals surface area contributed by atoms with Crippen LogP contribution >= 0.6 is 11.3 Å². The van der Waals surface area contributed by atoms with Crippen LogP contribution in [0.4, 0.5) is 10.7 Å². The fourth-order valence-electron chi connectivity index (χ4n) is 2.50. The average Bonchev–Trinajstić information content (AvgIpc) is 3.01. The maximum atomic E-state index is 12.0. The zero-order valence-corrected chi connectivity index (χ0v) is 13.3. The monoisotopic (exact) mass is 296 g/mol. The van der Waals surface area contributed by atoms with E-state index in [0.29, 0.717) is 28.8 Å².